The third-order valence-electron chi connectivity index (χ3n) is 4.21. The molecule has 0 rings (SSSR count). The van der Waals surface area contributed by atoms with Gasteiger partial charge < -0.3 is 10.6 Å². The van der Waals surface area contributed by atoms with Crippen molar-refractivity contribution in [3.63, 3.8) is 0 Å². The predicted octanol–water partition coefficient (Wildman–Crippen LogP) is 4.41. The molecular formula is C18H38N2O. The summed E-state index contributed by atoms with van der Waals surface area (Å²) in [6.45, 7) is 10.1. The molecule has 2 N–H and O–H groups in total. The molecule has 0 aliphatic rings. The van der Waals surface area contributed by atoms with E-state index in [1.54, 1.807) is 6.92 Å². The molecule has 3 nitrogen and oxygen atoms in total. The lowest BCUT2D eigenvalue weighted by molar-refractivity contribution is -0.118. The van der Waals surface area contributed by atoms with Crippen molar-refractivity contribution < 1.29 is 4.79 Å². The van der Waals surface area contributed by atoms with Crippen molar-refractivity contribution in [3.8, 4) is 0 Å². The van der Waals surface area contributed by atoms with E-state index < -0.39 is 0 Å². The second-order valence-corrected chi connectivity index (χ2v) is 6.59. The summed E-state index contributed by atoms with van der Waals surface area (Å²) in [4.78, 5) is 10.9. The Bertz CT molecular complexity index is 242. The SMILES string of the molecule is CCCCCCC(C)(CCCCCC)NCCNC(C)=O. The van der Waals surface area contributed by atoms with Crippen molar-refractivity contribution in [1.29, 1.82) is 0 Å². The molecule has 0 aromatic carbocycles. The Morgan fingerprint density at radius 1 is 0.857 bits per heavy atom. The van der Waals surface area contributed by atoms with E-state index in [1.807, 2.05) is 0 Å². The first kappa shape index (κ1) is 20.4. The van der Waals surface area contributed by atoms with Gasteiger partial charge in [0.2, 0.25) is 5.91 Å². The van der Waals surface area contributed by atoms with Gasteiger partial charge in [0.15, 0.2) is 0 Å². The maximum atomic E-state index is 10.9. The highest BCUT2D eigenvalue weighted by Crippen LogP contribution is 2.22. The molecule has 0 unspecified atom stereocenters. The average molecular weight is 299 g/mol. The van der Waals surface area contributed by atoms with Gasteiger partial charge in [-0.05, 0) is 19.8 Å². The van der Waals surface area contributed by atoms with E-state index in [-0.39, 0.29) is 11.4 Å². The molecule has 21 heavy (non-hydrogen) atoms. The first-order chi connectivity index (χ1) is 10.0. The van der Waals surface area contributed by atoms with Crippen LogP contribution in [-0.2, 0) is 4.79 Å². The molecule has 0 heterocycles. The van der Waals surface area contributed by atoms with Gasteiger partial charge >= 0.3 is 0 Å². The lowest BCUT2D eigenvalue weighted by Gasteiger charge is -2.31. The maximum Gasteiger partial charge on any atom is 0.216 e. The summed E-state index contributed by atoms with van der Waals surface area (Å²) in [6.07, 6.45) is 13.1. The highest BCUT2D eigenvalue weighted by molar-refractivity contribution is 5.72. The number of amides is 1. The lowest BCUT2D eigenvalue weighted by atomic mass is 9.88. The van der Waals surface area contributed by atoms with Gasteiger partial charge in [-0.1, -0.05) is 65.2 Å². The summed E-state index contributed by atoms with van der Waals surface area (Å²) in [5, 5.41) is 6.56. The topological polar surface area (TPSA) is 41.1 Å². The zero-order chi connectivity index (χ0) is 16.0. The van der Waals surface area contributed by atoms with Crippen molar-refractivity contribution in [3.05, 3.63) is 0 Å². The van der Waals surface area contributed by atoms with Crippen LogP contribution >= 0.6 is 0 Å². The summed E-state index contributed by atoms with van der Waals surface area (Å²) in [6, 6.07) is 0. The van der Waals surface area contributed by atoms with E-state index in [9.17, 15) is 4.79 Å². The highest BCUT2D eigenvalue weighted by Gasteiger charge is 2.22. The van der Waals surface area contributed by atoms with Crippen LogP contribution in [0.2, 0.25) is 0 Å². The molecule has 0 aromatic heterocycles. The lowest BCUT2D eigenvalue weighted by Crippen LogP contribution is -2.45. The van der Waals surface area contributed by atoms with E-state index in [1.165, 1.54) is 64.2 Å². The number of hydrogen-bond donors (Lipinski definition) is 2. The molecular weight excluding hydrogens is 260 g/mol. The molecule has 0 atom stereocenters. The Balaban J connectivity index is 4.06. The monoisotopic (exact) mass is 298 g/mol. The van der Waals surface area contributed by atoms with E-state index in [0.29, 0.717) is 0 Å². The van der Waals surface area contributed by atoms with E-state index in [2.05, 4.69) is 31.4 Å². The number of hydrogen-bond acceptors (Lipinski definition) is 2. The van der Waals surface area contributed by atoms with Gasteiger partial charge in [-0.3, -0.25) is 4.79 Å². The molecule has 0 saturated carbocycles. The highest BCUT2D eigenvalue weighted by atomic mass is 16.1. The molecule has 0 saturated heterocycles. The molecule has 1 amide bonds. The van der Waals surface area contributed by atoms with Crippen molar-refractivity contribution in [2.45, 2.75) is 97.4 Å². The molecule has 3 heteroatoms. The van der Waals surface area contributed by atoms with Gasteiger partial charge in [-0.2, -0.15) is 0 Å². The van der Waals surface area contributed by atoms with Crippen LogP contribution < -0.4 is 10.6 Å². The molecule has 126 valence electrons. The Morgan fingerprint density at radius 3 is 1.81 bits per heavy atom. The standard InChI is InChI=1S/C18H38N2O/c1-5-7-9-11-13-18(4,14-12-10-8-6-2)20-16-15-19-17(3)21/h20H,5-16H2,1-4H3,(H,19,21). The Labute approximate surface area is 132 Å². The average Bonchev–Trinajstić information content (AvgIpc) is 2.45. The molecule has 0 radical (unpaired) electrons. The quantitative estimate of drug-likeness (QED) is 0.466. The van der Waals surface area contributed by atoms with Crippen molar-refractivity contribution in [2.75, 3.05) is 13.1 Å². The van der Waals surface area contributed by atoms with Crippen LogP contribution in [0.3, 0.4) is 0 Å². The fourth-order valence-corrected chi connectivity index (χ4v) is 2.79. The summed E-state index contributed by atoms with van der Waals surface area (Å²) < 4.78 is 0. The summed E-state index contributed by atoms with van der Waals surface area (Å²) in [5.41, 5.74) is 0.236. The van der Waals surface area contributed by atoms with Gasteiger partial charge in [0.05, 0.1) is 0 Å². The Hall–Kier alpha value is -0.570. The summed E-state index contributed by atoms with van der Waals surface area (Å²) in [5.74, 6) is 0.0596. The van der Waals surface area contributed by atoms with Gasteiger partial charge in [0.1, 0.15) is 0 Å². The van der Waals surface area contributed by atoms with Crippen LogP contribution in [-0.4, -0.2) is 24.5 Å². The maximum absolute atomic E-state index is 10.9. The number of carbonyl (C=O) groups excluding carboxylic acids is 1. The van der Waals surface area contributed by atoms with Crippen LogP contribution in [0.15, 0.2) is 0 Å². The molecule has 0 fully saturated rings. The summed E-state index contributed by atoms with van der Waals surface area (Å²) in [7, 11) is 0. The largest absolute Gasteiger partial charge is 0.355 e. The number of carbonyl (C=O) groups is 1. The van der Waals surface area contributed by atoms with E-state index in [0.717, 1.165) is 13.1 Å². The molecule has 0 spiro atoms. The van der Waals surface area contributed by atoms with Crippen LogP contribution in [0.4, 0.5) is 0 Å². The third-order valence-corrected chi connectivity index (χ3v) is 4.21. The van der Waals surface area contributed by atoms with E-state index >= 15 is 0 Å². The fraction of sp³-hybridized carbons (Fsp3) is 0.944. The summed E-state index contributed by atoms with van der Waals surface area (Å²) >= 11 is 0. The minimum atomic E-state index is 0.0596. The van der Waals surface area contributed by atoms with Gasteiger partial charge in [0.25, 0.3) is 0 Å². The number of nitrogens with one attached hydrogen (secondary N) is 2. The van der Waals surface area contributed by atoms with Gasteiger partial charge in [0, 0.05) is 25.6 Å². The zero-order valence-corrected chi connectivity index (χ0v) is 14.9. The second-order valence-electron chi connectivity index (χ2n) is 6.59. The smallest absolute Gasteiger partial charge is 0.216 e. The van der Waals surface area contributed by atoms with Crippen molar-refractivity contribution in [1.82, 2.24) is 10.6 Å². The first-order valence-corrected chi connectivity index (χ1v) is 9.03. The number of rotatable bonds is 14. The molecule has 0 aliphatic carbocycles. The third kappa shape index (κ3) is 12.9. The molecule has 0 bridgehead atoms. The van der Waals surface area contributed by atoms with Gasteiger partial charge in [-0.25, -0.2) is 0 Å². The first-order valence-electron chi connectivity index (χ1n) is 9.03. The van der Waals surface area contributed by atoms with Crippen LogP contribution in [0.5, 0.6) is 0 Å². The van der Waals surface area contributed by atoms with Crippen molar-refractivity contribution >= 4 is 5.91 Å². The minimum absolute atomic E-state index is 0.0596. The minimum Gasteiger partial charge on any atom is -0.355 e. The second kappa shape index (κ2) is 13.1. The van der Waals surface area contributed by atoms with Crippen LogP contribution in [0, 0.1) is 0 Å². The van der Waals surface area contributed by atoms with Gasteiger partial charge in [-0.15, -0.1) is 0 Å². The molecule has 0 aromatic rings. The van der Waals surface area contributed by atoms with Crippen LogP contribution in [0.1, 0.15) is 91.9 Å². The Kier molecular flexibility index (Phi) is 12.8. The Morgan fingerprint density at radius 2 is 1.38 bits per heavy atom. The predicted molar refractivity (Wildman–Crippen MR) is 92.6 cm³/mol. The van der Waals surface area contributed by atoms with E-state index in [4.69, 9.17) is 0 Å². The zero-order valence-electron chi connectivity index (χ0n) is 14.9. The fourth-order valence-electron chi connectivity index (χ4n) is 2.79. The van der Waals surface area contributed by atoms with Crippen molar-refractivity contribution in [2.24, 2.45) is 0 Å². The molecule has 0 aliphatic heterocycles. The van der Waals surface area contributed by atoms with Crippen LogP contribution in [0.25, 0.3) is 0 Å². The normalized spacial score (nSPS) is 11.6. The number of unbranched alkanes of at least 4 members (excludes halogenated alkanes) is 6.